The van der Waals surface area contributed by atoms with E-state index in [1.54, 1.807) is 0 Å². The van der Waals surface area contributed by atoms with E-state index in [4.69, 9.17) is 23.2 Å². The first kappa shape index (κ1) is 20.5. The predicted molar refractivity (Wildman–Crippen MR) is 102 cm³/mol. The maximum Gasteiger partial charge on any atom is 0.305 e. The van der Waals surface area contributed by atoms with E-state index in [1.165, 1.54) is 25.1 Å². The summed E-state index contributed by atoms with van der Waals surface area (Å²) >= 11 is 13.3. The Morgan fingerprint density at radius 1 is 1.23 bits per heavy atom. The van der Waals surface area contributed by atoms with Gasteiger partial charge in [-0.05, 0) is 24.1 Å². The summed E-state index contributed by atoms with van der Waals surface area (Å²) in [4.78, 5) is 31.6. The van der Waals surface area contributed by atoms with E-state index in [2.05, 4.69) is 20.0 Å². The van der Waals surface area contributed by atoms with Gasteiger partial charge in [-0.2, -0.15) is 0 Å². The molecule has 0 aliphatic carbocycles. The fourth-order valence-corrected chi connectivity index (χ4v) is 3.00. The van der Waals surface area contributed by atoms with Crippen molar-refractivity contribution in [1.29, 1.82) is 0 Å². The monoisotopic (exact) mass is 413 g/mol. The first-order chi connectivity index (χ1) is 12.5. The second-order valence-corrected chi connectivity index (χ2v) is 6.99. The van der Waals surface area contributed by atoms with Crippen molar-refractivity contribution in [2.75, 3.05) is 13.7 Å². The molecule has 0 unspecified atom stereocenters. The average molecular weight is 414 g/mol. The van der Waals surface area contributed by atoms with Gasteiger partial charge >= 0.3 is 5.97 Å². The molecule has 138 valence electrons. The number of ether oxygens (including phenoxy) is 1. The number of methoxy groups -OCH3 is 1. The summed E-state index contributed by atoms with van der Waals surface area (Å²) in [6.07, 6.45) is 2.11. The van der Waals surface area contributed by atoms with E-state index >= 15 is 0 Å². The lowest BCUT2D eigenvalue weighted by Gasteiger charge is -2.07. The van der Waals surface area contributed by atoms with Gasteiger partial charge in [-0.15, -0.1) is 0 Å². The first-order valence-electron chi connectivity index (χ1n) is 7.74. The van der Waals surface area contributed by atoms with Crippen molar-refractivity contribution in [2.45, 2.75) is 23.8 Å². The van der Waals surface area contributed by atoms with Crippen LogP contribution in [0.25, 0.3) is 0 Å². The number of carbonyl (C=O) groups is 2. The minimum Gasteiger partial charge on any atom is -0.469 e. The van der Waals surface area contributed by atoms with Crippen LogP contribution in [0.1, 0.15) is 28.9 Å². The Balaban J connectivity index is 1.92. The molecular formula is C17H17Cl2N3O3S. The largest absolute Gasteiger partial charge is 0.469 e. The van der Waals surface area contributed by atoms with Crippen molar-refractivity contribution in [3.8, 4) is 0 Å². The van der Waals surface area contributed by atoms with Crippen LogP contribution in [-0.4, -0.2) is 35.5 Å². The van der Waals surface area contributed by atoms with Crippen LogP contribution in [0.3, 0.4) is 0 Å². The van der Waals surface area contributed by atoms with Gasteiger partial charge in [-0.25, -0.2) is 9.97 Å². The molecule has 9 heteroatoms. The third-order valence-corrected chi connectivity index (χ3v) is 4.75. The molecule has 1 heterocycles. The minimum absolute atomic E-state index is 0.110. The summed E-state index contributed by atoms with van der Waals surface area (Å²) in [5, 5.41) is 3.98. The second kappa shape index (κ2) is 10.4. The fourth-order valence-electron chi connectivity index (χ4n) is 1.93. The third kappa shape index (κ3) is 6.48. The third-order valence-electron chi connectivity index (χ3n) is 3.29. The number of hydrogen-bond acceptors (Lipinski definition) is 6. The molecule has 0 atom stereocenters. The number of thioether (sulfide) groups is 1. The van der Waals surface area contributed by atoms with Crippen LogP contribution in [-0.2, 0) is 15.3 Å². The highest BCUT2D eigenvalue weighted by atomic mass is 35.5. The Bertz CT molecular complexity index is 772. The molecule has 0 radical (unpaired) electrons. The van der Waals surface area contributed by atoms with Gasteiger partial charge in [0, 0.05) is 23.7 Å². The number of amides is 1. The van der Waals surface area contributed by atoms with Crippen LogP contribution in [0.4, 0.5) is 0 Å². The van der Waals surface area contributed by atoms with Gasteiger partial charge in [-0.3, -0.25) is 9.59 Å². The van der Waals surface area contributed by atoms with Crippen molar-refractivity contribution in [3.05, 3.63) is 51.8 Å². The molecule has 2 aromatic rings. The lowest BCUT2D eigenvalue weighted by atomic mass is 10.2. The van der Waals surface area contributed by atoms with Crippen molar-refractivity contribution < 1.29 is 14.3 Å². The molecule has 1 aromatic heterocycles. The topological polar surface area (TPSA) is 81.2 Å². The van der Waals surface area contributed by atoms with Gasteiger partial charge in [0.05, 0.1) is 18.3 Å². The molecule has 0 aliphatic heterocycles. The van der Waals surface area contributed by atoms with Crippen LogP contribution in [0.5, 0.6) is 0 Å². The van der Waals surface area contributed by atoms with E-state index in [9.17, 15) is 9.59 Å². The van der Waals surface area contributed by atoms with Gasteiger partial charge in [0.15, 0.2) is 10.9 Å². The summed E-state index contributed by atoms with van der Waals surface area (Å²) < 4.78 is 4.54. The van der Waals surface area contributed by atoms with E-state index < -0.39 is 5.91 Å². The SMILES string of the molecule is COC(=O)CCCNC(=O)c1nc(SCc2ccc(Cl)cc2)ncc1Cl. The zero-order chi connectivity index (χ0) is 18.9. The van der Waals surface area contributed by atoms with Gasteiger partial charge in [0.25, 0.3) is 5.91 Å². The molecule has 0 bridgehead atoms. The van der Waals surface area contributed by atoms with E-state index in [0.29, 0.717) is 28.9 Å². The maximum absolute atomic E-state index is 12.2. The van der Waals surface area contributed by atoms with Gasteiger partial charge in [0.1, 0.15) is 0 Å². The number of hydrogen-bond donors (Lipinski definition) is 1. The zero-order valence-corrected chi connectivity index (χ0v) is 16.3. The molecule has 0 spiro atoms. The Morgan fingerprint density at radius 3 is 2.65 bits per heavy atom. The average Bonchev–Trinajstić information content (AvgIpc) is 2.65. The predicted octanol–water partition coefficient (Wildman–Crippen LogP) is 3.76. The zero-order valence-electron chi connectivity index (χ0n) is 14.0. The smallest absolute Gasteiger partial charge is 0.305 e. The second-order valence-electron chi connectivity index (χ2n) is 5.20. The van der Waals surface area contributed by atoms with Crippen LogP contribution in [0.2, 0.25) is 10.0 Å². The number of nitrogens with one attached hydrogen (secondary N) is 1. The number of nitrogens with zero attached hydrogens (tertiary/aromatic N) is 2. The summed E-state index contributed by atoms with van der Waals surface area (Å²) in [5.41, 5.74) is 1.17. The lowest BCUT2D eigenvalue weighted by Crippen LogP contribution is -2.26. The van der Waals surface area contributed by atoms with E-state index in [0.717, 1.165) is 5.56 Å². The Labute approximate surface area is 165 Å². The number of benzene rings is 1. The molecule has 0 fully saturated rings. The molecule has 26 heavy (non-hydrogen) atoms. The molecule has 0 aliphatic rings. The van der Waals surface area contributed by atoms with Crippen LogP contribution in [0, 0.1) is 0 Å². The molecule has 0 saturated carbocycles. The lowest BCUT2D eigenvalue weighted by molar-refractivity contribution is -0.140. The molecule has 2 rings (SSSR count). The standard InChI is InChI=1S/C17H17Cl2N3O3S/c1-25-14(23)3-2-8-20-16(24)15-13(19)9-21-17(22-15)26-10-11-4-6-12(18)7-5-11/h4-7,9H,2-3,8,10H2,1H3,(H,20,24). The van der Waals surface area contributed by atoms with Crippen molar-refractivity contribution in [3.63, 3.8) is 0 Å². The molecule has 1 amide bonds. The maximum atomic E-state index is 12.2. The van der Waals surface area contributed by atoms with E-state index in [1.807, 2.05) is 24.3 Å². The Hall–Kier alpha value is -1.83. The summed E-state index contributed by atoms with van der Waals surface area (Å²) in [5.74, 6) is -0.0882. The summed E-state index contributed by atoms with van der Waals surface area (Å²) in [6, 6.07) is 7.46. The van der Waals surface area contributed by atoms with Crippen LogP contribution >= 0.6 is 35.0 Å². The number of esters is 1. The number of carbonyl (C=O) groups excluding carboxylic acids is 2. The number of halogens is 2. The van der Waals surface area contributed by atoms with Crippen molar-refractivity contribution in [1.82, 2.24) is 15.3 Å². The van der Waals surface area contributed by atoms with E-state index in [-0.39, 0.29) is 23.1 Å². The molecule has 1 N–H and O–H groups in total. The van der Waals surface area contributed by atoms with Crippen LogP contribution in [0.15, 0.2) is 35.6 Å². The highest BCUT2D eigenvalue weighted by Crippen LogP contribution is 2.22. The first-order valence-corrected chi connectivity index (χ1v) is 9.48. The normalized spacial score (nSPS) is 10.4. The summed E-state index contributed by atoms with van der Waals surface area (Å²) in [6.45, 7) is 0.321. The van der Waals surface area contributed by atoms with Gasteiger partial charge in [-0.1, -0.05) is 47.1 Å². The molecule has 6 nitrogen and oxygen atoms in total. The van der Waals surface area contributed by atoms with Crippen molar-refractivity contribution >= 4 is 46.8 Å². The van der Waals surface area contributed by atoms with Crippen molar-refractivity contribution in [2.24, 2.45) is 0 Å². The molecule has 1 aromatic carbocycles. The fraction of sp³-hybridized carbons (Fsp3) is 0.294. The highest BCUT2D eigenvalue weighted by Gasteiger charge is 2.14. The highest BCUT2D eigenvalue weighted by molar-refractivity contribution is 7.98. The minimum atomic E-state index is -0.407. The molecule has 0 saturated heterocycles. The Kier molecular flexibility index (Phi) is 8.15. The number of aromatic nitrogens is 2. The van der Waals surface area contributed by atoms with Gasteiger partial charge in [0.2, 0.25) is 0 Å². The molecular weight excluding hydrogens is 397 g/mol. The Morgan fingerprint density at radius 2 is 1.96 bits per heavy atom. The number of rotatable bonds is 8. The van der Waals surface area contributed by atoms with Crippen LogP contribution < -0.4 is 5.32 Å². The van der Waals surface area contributed by atoms with Gasteiger partial charge < -0.3 is 10.1 Å². The quantitative estimate of drug-likeness (QED) is 0.307. The summed E-state index contributed by atoms with van der Waals surface area (Å²) in [7, 11) is 1.32.